The standard InChI is InChI=1S/C19H30N2O4/c1-3-4-5-12-20-13-10-16(19(15-20)24-2)11-14-25-18-8-6-17(7-9-18)21(22)23/h6-9,16,19H,3-5,10-15H2,1-2H3/t16-,19+/m1/s1. The highest BCUT2D eigenvalue weighted by Crippen LogP contribution is 2.24. The molecule has 1 aromatic rings. The van der Waals surface area contributed by atoms with Gasteiger partial charge in [0.05, 0.1) is 17.6 Å². The first-order valence-electron chi connectivity index (χ1n) is 9.26. The van der Waals surface area contributed by atoms with Crippen molar-refractivity contribution in [2.45, 2.75) is 45.1 Å². The van der Waals surface area contributed by atoms with Crippen LogP contribution in [0.25, 0.3) is 0 Å². The highest BCUT2D eigenvalue weighted by Gasteiger charge is 2.28. The van der Waals surface area contributed by atoms with Crippen LogP contribution in [0.15, 0.2) is 24.3 Å². The summed E-state index contributed by atoms with van der Waals surface area (Å²) in [5.41, 5.74) is 0.0854. The Morgan fingerprint density at radius 3 is 2.68 bits per heavy atom. The summed E-state index contributed by atoms with van der Waals surface area (Å²) >= 11 is 0. The van der Waals surface area contributed by atoms with Crippen LogP contribution in [-0.2, 0) is 4.74 Å². The van der Waals surface area contributed by atoms with Crippen molar-refractivity contribution in [2.24, 2.45) is 5.92 Å². The SMILES string of the molecule is CCCCCN1CC[C@H](CCOc2ccc([N+](=O)[O-])cc2)[C@@H](OC)C1. The molecular weight excluding hydrogens is 320 g/mol. The van der Waals surface area contributed by atoms with Crippen LogP contribution in [0.4, 0.5) is 5.69 Å². The van der Waals surface area contributed by atoms with Gasteiger partial charge in [-0.15, -0.1) is 0 Å². The summed E-state index contributed by atoms with van der Waals surface area (Å²) in [6, 6.07) is 6.26. The maximum Gasteiger partial charge on any atom is 0.269 e. The molecule has 0 aliphatic carbocycles. The van der Waals surface area contributed by atoms with E-state index in [0.29, 0.717) is 18.3 Å². The van der Waals surface area contributed by atoms with Crippen molar-refractivity contribution in [3.63, 3.8) is 0 Å². The first kappa shape index (κ1) is 19.7. The van der Waals surface area contributed by atoms with Gasteiger partial charge in [0.25, 0.3) is 5.69 Å². The van der Waals surface area contributed by atoms with Gasteiger partial charge in [-0.3, -0.25) is 10.1 Å². The van der Waals surface area contributed by atoms with Crippen LogP contribution >= 0.6 is 0 Å². The topological polar surface area (TPSA) is 64.8 Å². The van der Waals surface area contributed by atoms with Crippen molar-refractivity contribution in [1.29, 1.82) is 0 Å². The summed E-state index contributed by atoms with van der Waals surface area (Å²) in [6.45, 7) is 6.14. The Balaban J connectivity index is 1.73. The molecule has 0 unspecified atom stereocenters. The van der Waals surface area contributed by atoms with E-state index < -0.39 is 4.92 Å². The number of rotatable bonds is 10. The molecule has 6 nitrogen and oxygen atoms in total. The lowest BCUT2D eigenvalue weighted by Crippen LogP contribution is -2.45. The van der Waals surface area contributed by atoms with Crippen molar-refractivity contribution in [2.75, 3.05) is 33.4 Å². The first-order valence-corrected chi connectivity index (χ1v) is 9.26. The minimum absolute atomic E-state index is 0.0854. The first-order chi connectivity index (χ1) is 12.1. The Bertz CT molecular complexity index is 521. The van der Waals surface area contributed by atoms with Gasteiger partial charge in [0.1, 0.15) is 5.75 Å². The van der Waals surface area contributed by atoms with Gasteiger partial charge in [-0.2, -0.15) is 0 Å². The maximum absolute atomic E-state index is 10.7. The Kier molecular flexibility index (Phi) is 8.15. The third-order valence-electron chi connectivity index (χ3n) is 4.97. The van der Waals surface area contributed by atoms with Gasteiger partial charge in [0.2, 0.25) is 0 Å². The van der Waals surface area contributed by atoms with E-state index in [1.54, 1.807) is 19.2 Å². The lowest BCUT2D eigenvalue weighted by molar-refractivity contribution is -0.384. The molecule has 1 aliphatic rings. The summed E-state index contributed by atoms with van der Waals surface area (Å²) in [5, 5.41) is 10.7. The highest BCUT2D eigenvalue weighted by atomic mass is 16.6. The van der Waals surface area contributed by atoms with E-state index in [4.69, 9.17) is 9.47 Å². The largest absolute Gasteiger partial charge is 0.494 e. The number of methoxy groups -OCH3 is 1. The van der Waals surface area contributed by atoms with Gasteiger partial charge in [0, 0.05) is 25.8 Å². The fraction of sp³-hybridized carbons (Fsp3) is 0.684. The third-order valence-corrected chi connectivity index (χ3v) is 4.97. The molecular formula is C19H30N2O4. The third kappa shape index (κ3) is 6.29. The number of benzene rings is 1. The number of unbranched alkanes of at least 4 members (excludes halogenated alkanes) is 2. The quantitative estimate of drug-likeness (QED) is 0.364. The number of likely N-dealkylation sites (tertiary alicyclic amines) is 1. The smallest absolute Gasteiger partial charge is 0.269 e. The number of hydrogen-bond donors (Lipinski definition) is 0. The van der Waals surface area contributed by atoms with E-state index in [0.717, 1.165) is 25.9 Å². The Hall–Kier alpha value is -1.66. The van der Waals surface area contributed by atoms with Crippen LogP contribution in [-0.4, -0.2) is 49.3 Å². The van der Waals surface area contributed by atoms with E-state index in [1.807, 2.05) is 0 Å². The van der Waals surface area contributed by atoms with Gasteiger partial charge in [-0.05, 0) is 50.4 Å². The second-order valence-corrected chi connectivity index (χ2v) is 6.72. The molecule has 0 spiro atoms. The van der Waals surface area contributed by atoms with E-state index in [1.165, 1.54) is 37.9 Å². The van der Waals surface area contributed by atoms with Crippen molar-refractivity contribution >= 4 is 5.69 Å². The number of nitro benzene ring substituents is 1. The predicted molar refractivity (Wildman–Crippen MR) is 98.1 cm³/mol. The molecule has 0 amide bonds. The van der Waals surface area contributed by atoms with Crippen molar-refractivity contribution in [3.05, 3.63) is 34.4 Å². The summed E-state index contributed by atoms with van der Waals surface area (Å²) < 4.78 is 11.5. The highest BCUT2D eigenvalue weighted by molar-refractivity contribution is 5.35. The molecule has 0 N–H and O–H groups in total. The molecule has 1 aromatic carbocycles. The van der Waals surface area contributed by atoms with Crippen LogP contribution in [0.1, 0.15) is 39.0 Å². The molecule has 0 saturated carbocycles. The zero-order valence-electron chi connectivity index (χ0n) is 15.4. The molecule has 1 saturated heterocycles. The Labute approximate surface area is 150 Å². The molecule has 2 atom stereocenters. The average molecular weight is 350 g/mol. The van der Waals surface area contributed by atoms with Gasteiger partial charge < -0.3 is 14.4 Å². The fourth-order valence-corrected chi connectivity index (χ4v) is 3.41. The normalized spacial score (nSPS) is 21.2. The van der Waals surface area contributed by atoms with Crippen LogP contribution < -0.4 is 4.74 Å². The Morgan fingerprint density at radius 1 is 1.28 bits per heavy atom. The van der Waals surface area contributed by atoms with Crippen molar-refractivity contribution < 1.29 is 14.4 Å². The van der Waals surface area contributed by atoms with Gasteiger partial charge >= 0.3 is 0 Å². The van der Waals surface area contributed by atoms with E-state index in [9.17, 15) is 10.1 Å². The number of piperidine rings is 1. The van der Waals surface area contributed by atoms with Crippen LogP contribution in [0, 0.1) is 16.0 Å². The summed E-state index contributed by atoms with van der Waals surface area (Å²) in [6.07, 6.45) is 6.15. The molecule has 0 radical (unpaired) electrons. The average Bonchev–Trinajstić information content (AvgIpc) is 2.63. The molecule has 140 valence electrons. The van der Waals surface area contributed by atoms with Crippen molar-refractivity contribution in [3.8, 4) is 5.75 Å². The number of ether oxygens (including phenoxy) is 2. The second kappa shape index (κ2) is 10.4. The molecule has 1 heterocycles. The summed E-state index contributed by atoms with van der Waals surface area (Å²) in [5.74, 6) is 1.18. The molecule has 1 fully saturated rings. The number of non-ortho nitro benzene ring substituents is 1. The van der Waals surface area contributed by atoms with Gasteiger partial charge in [0.15, 0.2) is 0 Å². The maximum atomic E-state index is 10.7. The van der Waals surface area contributed by atoms with Crippen LogP contribution in [0.3, 0.4) is 0 Å². The zero-order chi connectivity index (χ0) is 18.1. The van der Waals surface area contributed by atoms with Gasteiger partial charge in [-0.25, -0.2) is 0 Å². The molecule has 2 rings (SSSR count). The van der Waals surface area contributed by atoms with Gasteiger partial charge in [-0.1, -0.05) is 19.8 Å². The minimum atomic E-state index is -0.402. The van der Waals surface area contributed by atoms with Crippen LogP contribution in [0.2, 0.25) is 0 Å². The van der Waals surface area contributed by atoms with E-state index in [-0.39, 0.29) is 11.8 Å². The Morgan fingerprint density at radius 2 is 2.04 bits per heavy atom. The minimum Gasteiger partial charge on any atom is -0.494 e. The fourth-order valence-electron chi connectivity index (χ4n) is 3.41. The van der Waals surface area contributed by atoms with E-state index >= 15 is 0 Å². The number of nitrogens with zero attached hydrogens (tertiary/aromatic N) is 2. The molecule has 25 heavy (non-hydrogen) atoms. The lowest BCUT2D eigenvalue weighted by Gasteiger charge is -2.37. The molecule has 1 aliphatic heterocycles. The summed E-state index contributed by atoms with van der Waals surface area (Å²) in [4.78, 5) is 12.8. The number of hydrogen-bond acceptors (Lipinski definition) is 5. The molecule has 0 bridgehead atoms. The predicted octanol–water partition coefficient (Wildman–Crippen LogP) is 3.89. The molecule has 0 aromatic heterocycles. The van der Waals surface area contributed by atoms with Crippen LogP contribution in [0.5, 0.6) is 5.75 Å². The lowest BCUT2D eigenvalue weighted by atomic mass is 9.91. The van der Waals surface area contributed by atoms with E-state index in [2.05, 4.69) is 11.8 Å². The van der Waals surface area contributed by atoms with Crippen molar-refractivity contribution in [1.82, 2.24) is 4.90 Å². The zero-order valence-corrected chi connectivity index (χ0v) is 15.4. The summed E-state index contributed by atoms with van der Waals surface area (Å²) in [7, 11) is 1.80. The monoisotopic (exact) mass is 350 g/mol. The number of nitro groups is 1. The molecule has 6 heteroatoms. The second-order valence-electron chi connectivity index (χ2n) is 6.72.